The number of hydrogen-bond donors (Lipinski definition) is 0. The Morgan fingerprint density at radius 1 is 0.265 bits per heavy atom. The largest absolute Gasteiger partial charge is 0.462 e. The average molecular weight is 1150 g/mol. The van der Waals surface area contributed by atoms with Crippen molar-refractivity contribution in [3.05, 3.63) is 134 Å². The highest BCUT2D eigenvalue weighted by atomic mass is 16.6. The van der Waals surface area contributed by atoms with Crippen LogP contribution in [0.3, 0.4) is 0 Å². The zero-order chi connectivity index (χ0) is 59.9. The minimum absolute atomic E-state index is 0.111. The van der Waals surface area contributed by atoms with Gasteiger partial charge in [0.25, 0.3) is 0 Å². The van der Waals surface area contributed by atoms with Crippen LogP contribution in [0.1, 0.15) is 316 Å². The minimum atomic E-state index is -0.826. The van der Waals surface area contributed by atoms with E-state index in [1.54, 1.807) is 6.08 Å². The zero-order valence-corrected chi connectivity index (χ0v) is 54.2. The summed E-state index contributed by atoms with van der Waals surface area (Å²) >= 11 is 0. The lowest BCUT2D eigenvalue weighted by molar-refractivity contribution is -0.166. The lowest BCUT2D eigenvalue weighted by atomic mass is 10.0. The third-order valence-corrected chi connectivity index (χ3v) is 14.7. The van der Waals surface area contributed by atoms with Crippen molar-refractivity contribution in [2.24, 2.45) is 0 Å². The van der Waals surface area contributed by atoms with E-state index in [1.165, 1.54) is 167 Å². The maximum atomic E-state index is 12.9. The standard InChI is InChI=1S/C77H128O6/c1-4-7-10-13-16-19-22-25-28-30-31-32-33-34-35-36-37-38-39-40-41-42-43-44-45-47-49-52-55-58-61-64-67-70-76(79)82-73-74(72-81-75(78)69-66-63-60-57-54-51-48-27-24-21-18-15-12-9-6-3)83-77(80)71-68-65-62-59-56-53-50-46-29-26-23-20-17-14-11-8-5-2/h7,9-10,12,16-21,25-29,31-32,48,54,57,63,66,74H,4-6,8,11,13-15,22-24,30,33-47,49-53,55-56,58-62,64-65,67-73H2,1-3H3/b10-7-,12-9-,19-16-,20-17-,21-18-,28-25-,29-26-,32-31-,48-27-,57-54-,66-63-. The van der Waals surface area contributed by atoms with Crippen LogP contribution < -0.4 is 0 Å². The molecule has 6 nitrogen and oxygen atoms in total. The lowest BCUT2D eigenvalue weighted by Crippen LogP contribution is -2.30. The molecule has 0 spiro atoms. The summed E-state index contributed by atoms with van der Waals surface area (Å²) in [5, 5.41) is 0. The number of hydrogen-bond acceptors (Lipinski definition) is 6. The van der Waals surface area contributed by atoms with Crippen molar-refractivity contribution >= 4 is 17.9 Å². The lowest BCUT2D eigenvalue weighted by Gasteiger charge is -2.18. The van der Waals surface area contributed by atoms with Crippen molar-refractivity contribution in [2.75, 3.05) is 13.2 Å². The van der Waals surface area contributed by atoms with E-state index in [1.807, 2.05) is 6.08 Å². The van der Waals surface area contributed by atoms with Gasteiger partial charge in [-0.25, -0.2) is 0 Å². The van der Waals surface area contributed by atoms with Gasteiger partial charge in [0, 0.05) is 12.8 Å². The maximum absolute atomic E-state index is 12.9. The first-order chi connectivity index (χ1) is 41.0. The number of carbonyl (C=O) groups is 3. The summed E-state index contributed by atoms with van der Waals surface area (Å²) in [6, 6.07) is 0. The van der Waals surface area contributed by atoms with E-state index >= 15 is 0 Å². The second kappa shape index (κ2) is 70.0. The van der Waals surface area contributed by atoms with Crippen molar-refractivity contribution in [3.8, 4) is 0 Å². The van der Waals surface area contributed by atoms with Crippen molar-refractivity contribution in [1.29, 1.82) is 0 Å². The van der Waals surface area contributed by atoms with Crippen LogP contribution >= 0.6 is 0 Å². The van der Waals surface area contributed by atoms with Gasteiger partial charge >= 0.3 is 17.9 Å². The fraction of sp³-hybridized carbons (Fsp3) is 0.675. The second-order valence-corrected chi connectivity index (χ2v) is 22.7. The molecule has 83 heavy (non-hydrogen) atoms. The van der Waals surface area contributed by atoms with Crippen molar-refractivity contribution in [3.63, 3.8) is 0 Å². The molecule has 0 aliphatic heterocycles. The number of carbonyl (C=O) groups excluding carboxylic acids is 3. The molecule has 0 bridgehead atoms. The first kappa shape index (κ1) is 78.5. The average Bonchev–Trinajstić information content (AvgIpc) is 3.49. The number of esters is 3. The van der Waals surface area contributed by atoms with Gasteiger partial charge in [-0.2, -0.15) is 0 Å². The van der Waals surface area contributed by atoms with E-state index in [9.17, 15) is 14.4 Å². The molecule has 472 valence electrons. The van der Waals surface area contributed by atoms with E-state index in [-0.39, 0.29) is 31.6 Å². The van der Waals surface area contributed by atoms with Gasteiger partial charge in [-0.05, 0) is 116 Å². The topological polar surface area (TPSA) is 78.9 Å². The van der Waals surface area contributed by atoms with Gasteiger partial charge in [0.15, 0.2) is 6.10 Å². The molecule has 0 radical (unpaired) electrons. The predicted octanol–water partition coefficient (Wildman–Crippen LogP) is 24.1. The molecule has 1 atom stereocenters. The minimum Gasteiger partial charge on any atom is -0.462 e. The fourth-order valence-electron chi connectivity index (χ4n) is 9.54. The van der Waals surface area contributed by atoms with Crippen molar-refractivity contribution in [2.45, 2.75) is 322 Å². The number of rotatable bonds is 62. The normalized spacial score (nSPS) is 13.0. The van der Waals surface area contributed by atoms with Crippen LogP contribution in [-0.2, 0) is 28.6 Å². The highest BCUT2D eigenvalue weighted by Crippen LogP contribution is 2.17. The Morgan fingerprint density at radius 3 is 0.843 bits per heavy atom. The third kappa shape index (κ3) is 68.2. The molecule has 0 aromatic rings. The van der Waals surface area contributed by atoms with E-state index < -0.39 is 12.1 Å². The molecule has 0 aliphatic rings. The van der Waals surface area contributed by atoms with Crippen LogP contribution in [0.25, 0.3) is 0 Å². The van der Waals surface area contributed by atoms with Crippen LogP contribution in [0.15, 0.2) is 134 Å². The monoisotopic (exact) mass is 1150 g/mol. The molecule has 0 aromatic heterocycles. The van der Waals surface area contributed by atoms with Crippen LogP contribution in [0, 0.1) is 0 Å². The fourth-order valence-corrected chi connectivity index (χ4v) is 9.54. The molecule has 0 fully saturated rings. The predicted molar refractivity (Wildman–Crippen MR) is 362 cm³/mol. The van der Waals surface area contributed by atoms with E-state index in [0.717, 1.165) is 109 Å². The van der Waals surface area contributed by atoms with E-state index in [2.05, 4.69) is 142 Å². The number of allylic oxidation sites excluding steroid dienone is 21. The Hall–Kier alpha value is -4.45. The number of unbranched alkanes of at least 4 members (excludes halogenated alkanes) is 30. The highest BCUT2D eigenvalue weighted by molar-refractivity contribution is 5.72. The summed E-state index contributed by atoms with van der Waals surface area (Å²) in [6.07, 6.45) is 99.4. The summed E-state index contributed by atoms with van der Waals surface area (Å²) in [4.78, 5) is 38.3. The van der Waals surface area contributed by atoms with E-state index in [0.29, 0.717) is 12.8 Å². The van der Waals surface area contributed by atoms with Crippen molar-refractivity contribution in [1.82, 2.24) is 0 Å². The molecule has 0 aliphatic carbocycles. The second-order valence-electron chi connectivity index (χ2n) is 22.7. The molecule has 0 aromatic carbocycles. The zero-order valence-electron chi connectivity index (χ0n) is 54.2. The van der Waals surface area contributed by atoms with Crippen LogP contribution in [-0.4, -0.2) is 37.2 Å². The molecule has 0 saturated carbocycles. The quantitative estimate of drug-likeness (QED) is 0.0261. The summed E-state index contributed by atoms with van der Waals surface area (Å²) in [5.74, 6) is -1.05. The maximum Gasteiger partial charge on any atom is 0.309 e. The molecular weight excluding hydrogens is 1020 g/mol. The summed E-state index contributed by atoms with van der Waals surface area (Å²) in [5.41, 5.74) is 0. The Labute approximate surface area is 513 Å². The summed E-state index contributed by atoms with van der Waals surface area (Å²) < 4.78 is 16.8. The third-order valence-electron chi connectivity index (χ3n) is 14.7. The molecule has 0 rings (SSSR count). The Balaban J connectivity index is 4.25. The number of ether oxygens (including phenoxy) is 3. The van der Waals surface area contributed by atoms with Crippen LogP contribution in [0.5, 0.6) is 0 Å². The van der Waals surface area contributed by atoms with Crippen LogP contribution in [0.2, 0.25) is 0 Å². The van der Waals surface area contributed by atoms with Gasteiger partial charge in [0.2, 0.25) is 0 Å². The molecule has 0 N–H and O–H groups in total. The molecule has 0 saturated heterocycles. The van der Waals surface area contributed by atoms with E-state index in [4.69, 9.17) is 14.2 Å². The Morgan fingerprint density at radius 2 is 0.518 bits per heavy atom. The van der Waals surface area contributed by atoms with Crippen molar-refractivity contribution < 1.29 is 28.6 Å². The van der Waals surface area contributed by atoms with Gasteiger partial charge in [-0.15, -0.1) is 0 Å². The van der Waals surface area contributed by atoms with Gasteiger partial charge in [0.1, 0.15) is 13.2 Å². The van der Waals surface area contributed by atoms with Gasteiger partial charge in [-0.1, -0.05) is 315 Å². The van der Waals surface area contributed by atoms with Gasteiger partial charge in [0.05, 0.1) is 6.42 Å². The first-order valence-corrected chi connectivity index (χ1v) is 34.7. The Bertz CT molecular complexity index is 1750. The molecule has 0 heterocycles. The first-order valence-electron chi connectivity index (χ1n) is 34.7. The molecule has 6 heteroatoms. The van der Waals surface area contributed by atoms with Gasteiger partial charge < -0.3 is 14.2 Å². The van der Waals surface area contributed by atoms with Crippen LogP contribution in [0.4, 0.5) is 0 Å². The molecular formula is C77H128O6. The summed E-state index contributed by atoms with van der Waals surface area (Å²) in [6.45, 7) is 6.32. The summed E-state index contributed by atoms with van der Waals surface area (Å²) in [7, 11) is 0. The Kier molecular flexibility index (Phi) is 66.3. The SMILES string of the molecule is CC/C=C\C/C=C\C/C=C\C/C=C\C/C=C\CC(=O)OCC(COC(=O)CCCCCCCCCCCCCCCCCCCCCC/C=C\C/C=C\C/C=C\C/C=C\CC)OC(=O)CCCCCCCCC/C=C\C/C=C\CCCCC. The highest BCUT2D eigenvalue weighted by Gasteiger charge is 2.19. The molecule has 1 unspecified atom stereocenters. The van der Waals surface area contributed by atoms with Gasteiger partial charge in [-0.3, -0.25) is 14.4 Å². The molecule has 0 amide bonds. The smallest absolute Gasteiger partial charge is 0.309 e.